The number of hydrogen-bond acceptors (Lipinski definition) is 4. The summed E-state index contributed by atoms with van der Waals surface area (Å²) in [6, 6.07) is 10.9. The van der Waals surface area contributed by atoms with Crippen LogP contribution in [0, 0.1) is 11.3 Å². The van der Waals surface area contributed by atoms with Gasteiger partial charge in [0.25, 0.3) is 5.69 Å². The van der Waals surface area contributed by atoms with Crippen molar-refractivity contribution < 1.29 is 14.5 Å². The number of carbonyl (C=O) groups excluding carboxylic acids is 1. The number of rotatable bonds is 3. The molecule has 1 aliphatic heterocycles. The van der Waals surface area contributed by atoms with Gasteiger partial charge >= 0.3 is 11.0 Å². The van der Waals surface area contributed by atoms with Gasteiger partial charge in [-0.25, -0.2) is 4.57 Å². The third-order valence-electron chi connectivity index (χ3n) is 3.61. The quantitative estimate of drug-likeness (QED) is 0.693. The minimum atomic E-state index is -0.222. The maximum absolute atomic E-state index is 12.7. The van der Waals surface area contributed by atoms with Crippen molar-refractivity contribution in [2.24, 2.45) is 7.05 Å². The predicted molar refractivity (Wildman–Crippen MR) is 77.1 cm³/mol. The topological polar surface area (TPSA) is 69.9 Å². The van der Waals surface area contributed by atoms with Gasteiger partial charge in [0.1, 0.15) is 6.04 Å². The van der Waals surface area contributed by atoms with E-state index >= 15 is 0 Å². The second kappa shape index (κ2) is 5.26. The van der Waals surface area contributed by atoms with E-state index in [-0.39, 0.29) is 23.4 Å². The van der Waals surface area contributed by atoms with Crippen LogP contribution in [0.3, 0.4) is 0 Å². The molecule has 0 bridgehead atoms. The Balaban J connectivity index is 2.14. The standard InChI is InChI=1S/C15H13N3O2S/c1-17-14(20)12(13(19)10-5-3-2-4-6-10)18-11(7-8-16)9-21-15(17)18/h2-6,11H,7,9H2,1H3/p+1. The van der Waals surface area contributed by atoms with E-state index in [0.717, 1.165) is 10.9 Å². The molecule has 0 aliphatic carbocycles. The van der Waals surface area contributed by atoms with Gasteiger partial charge in [-0.3, -0.25) is 4.79 Å². The molecule has 1 aliphatic rings. The summed E-state index contributed by atoms with van der Waals surface area (Å²) in [6.45, 7) is 0. The number of fused-ring (bicyclic) bond motifs is 1. The van der Waals surface area contributed by atoms with Gasteiger partial charge in [0.05, 0.1) is 19.5 Å². The number of hydrogen-bond donors (Lipinski definition) is 1. The number of benzene rings is 1. The van der Waals surface area contributed by atoms with Gasteiger partial charge in [-0.05, 0) is 11.8 Å². The van der Waals surface area contributed by atoms with E-state index in [4.69, 9.17) is 5.26 Å². The first-order valence-electron chi connectivity index (χ1n) is 6.57. The predicted octanol–water partition coefficient (Wildman–Crippen LogP) is 1.81. The van der Waals surface area contributed by atoms with E-state index in [2.05, 4.69) is 6.07 Å². The maximum atomic E-state index is 12.7. The zero-order valence-electron chi connectivity index (χ0n) is 11.5. The molecule has 0 saturated carbocycles. The summed E-state index contributed by atoms with van der Waals surface area (Å²) >= 11 is 1.55. The monoisotopic (exact) mass is 300 g/mol. The molecule has 3 rings (SSSR count). The third-order valence-corrected chi connectivity index (χ3v) is 4.89. The van der Waals surface area contributed by atoms with Crippen LogP contribution >= 0.6 is 11.8 Å². The van der Waals surface area contributed by atoms with Crippen molar-refractivity contribution >= 4 is 17.5 Å². The molecule has 21 heavy (non-hydrogen) atoms. The second-order valence-corrected chi connectivity index (χ2v) is 5.89. The van der Waals surface area contributed by atoms with E-state index in [0.29, 0.717) is 12.0 Å². The Morgan fingerprint density at radius 1 is 1.52 bits per heavy atom. The number of thioether (sulfide) groups is 1. The van der Waals surface area contributed by atoms with Crippen molar-refractivity contribution in [1.29, 1.82) is 5.26 Å². The molecular weight excluding hydrogens is 286 g/mol. The highest BCUT2D eigenvalue weighted by Crippen LogP contribution is 2.38. The number of imidazole rings is 1. The third kappa shape index (κ3) is 2.10. The fourth-order valence-electron chi connectivity index (χ4n) is 2.56. The van der Waals surface area contributed by atoms with Crippen LogP contribution in [-0.2, 0) is 7.05 Å². The molecule has 1 aromatic carbocycles. The Labute approximate surface area is 126 Å². The lowest BCUT2D eigenvalue weighted by atomic mass is 10.1. The summed E-state index contributed by atoms with van der Waals surface area (Å²) in [7, 11) is 1.73. The number of carbonyl (C=O) groups is 1. The molecule has 1 atom stereocenters. The smallest absolute Gasteiger partial charge is 0.335 e. The molecule has 106 valence electrons. The molecule has 0 amide bonds. The highest BCUT2D eigenvalue weighted by molar-refractivity contribution is 7.99. The molecule has 1 unspecified atom stereocenters. The molecule has 2 heterocycles. The SMILES string of the molecule is C[n+]1c(O)c(C(=O)c2ccccc2)n2c1SCC2CC#N. The van der Waals surface area contributed by atoms with Crippen molar-refractivity contribution in [2.45, 2.75) is 17.6 Å². The van der Waals surface area contributed by atoms with Crippen LogP contribution in [0.25, 0.3) is 0 Å². The minimum Gasteiger partial charge on any atom is -0.475 e. The van der Waals surface area contributed by atoms with Crippen LogP contribution in [0.1, 0.15) is 28.5 Å². The lowest BCUT2D eigenvalue weighted by molar-refractivity contribution is -0.714. The molecule has 5 nitrogen and oxygen atoms in total. The Bertz CT molecular complexity index is 747. The summed E-state index contributed by atoms with van der Waals surface area (Å²) in [5, 5.41) is 20.1. The van der Waals surface area contributed by atoms with E-state index in [1.54, 1.807) is 52.2 Å². The normalized spacial score (nSPS) is 16.5. The largest absolute Gasteiger partial charge is 0.475 e. The van der Waals surface area contributed by atoms with Gasteiger partial charge in [-0.2, -0.15) is 9.83 Å². The number of nitrogens with zero attached hydrogens (tertiary/aromatic N) is 3. The average molecular weight is 300 g/mol. The van der Waals surface area contributed by atoms with E-state index in [9.17, 15) is 9.90 Å². The van der Waals surface area contributed by atoms with E-state index < -0.39 is 0 Å². The van der Waals surface area contributed by atoms with Gasteiger partial charge in [0, 0.05) is 11.3 Å². The van der Waals surface area contributed by atoms with Crippen LogP contribution in [-0.4, -0.2) is 21.2 Å². The minimum absolute atomic E-state index is 0.0472. The number of aromatic nitrogens is 2. The second-order valence-electron chi connectivity index (χ2n) is 4.91. The van der Waals surface area contributed by atoms with Crippen molar-refractivity contribution in [2.75, 3.05) is 5.75 Å². The first-order valence-corrected chi connectivity index (χ1v) is 7.56. The van der Waals surface area contributed by atoms with Crippen molar-refractivity contribution in [1.82, 2.24) is 4.57 Å². The molecule has 0 saturated heterocycles. The molecule has 1 N–H and O–H groups in total. The van der Waals surface area contributed by atoms with Crippen LogP contribution in [0.5, 0.6) is 5.88 Å². The summed E-state index contributed by atoms with van der Waals surface area (Å²) in [6.07, 6.45) is 0.323. The average Bonchev–Trinajstić information content (AvgIpc) is 3.01. The van der Waals surface area contributed by atoms with Gasteiger partial charge in [0.2, 0.25) is 5.78 Å². The van der Waals surface area contributed by atoms with Gasteiger partial charge < -0.3 is 5.11 Å². The van der Waals surface area contributed by atoms with Crippen molar-refractivity contribution in [3.63, 3.8) is 0 Å². The first kappa shape index (κ1) is 13.7. The molecule has 0 radical (unpaired) electrons. The number of nitriles is 1. The molecule has 0 spiro atoms. The van der Waals surface area contributed by atoms with E-state index in [1.165, 1.54) is 0 Å². The van der Waals surface area contributed by atoms with Gasteiger partial charge in [-0.15, -0.1) is 0 Å². The van der Waals surface area contributed by atoms with Gasteiger partial charge in [0.15, 0.2) is 0 Å². The summed E-state index contributed by atoms with van der Waals surface area (Å²) < 4.78 is 3.41. The van der Waals surface area contributed by atoms with Crippen molar-refractivity contribution in [3.05, 3.63) is 41.6 Å². The molecule has 6 heteroatoms. The van der Waals surface area contributed by atoms with Crippen LogP contribution in [0.4, 0.5) is 0 Å². The van der Waals surface area contributed by atoms with Crippen LogP contribution in [0.2, 0.25) is 0 Å². The van der Waals surface area contributed by atoms with E-state index in [1.807, 2.05) is 6.07 Å². The Hall–Kier alpha value is -2.26. The fourth-order valence-corrected chi connectivity index (χ4v) is 3.83. The molecule has 1 aromatic heterocycles. The Kier molecular flexibility index (Phi) is 3.43. The zero-order chi connectivity index (χ0) is 15.0. The lowest BCUT2D eigenvalue weighted by Gasteiger charge is -2.05. The lowest BCUT2D eigenvalue weighted by Crippen LogP contribution is -2.28. The molecule has 0 fully saturated rings. The fraction of sp³-hybridized carbons (Fsp3) is 0.267. The summed E-state index contributed by atoms with van der Waals surface area (Å²) in [4.78, 5) is 12.7. The maximum Gasteiger partial charge on any atom is 0.335 e. The van der Waals surface area contributed by atoms with Crippen molar-refractivity contribution in [3.8, 4) is 11.9 Å². The molecular formula is C15H14N3O2S+. The highest BCUT2D eigenvalue weighted by atomic mass is 32.2. The Morgan fingerprint density at radius 2 is 2.24 bits per heavy atom. The summed E-state index contributed by atoms with van der Waals surface area (Å²) in [5.74, 6) is 0.473. The first-order chi connectivity index (χ1) is 10.1. The summed E-state index contributed by atoms with van der Waals surface area (Å²) in [5.41, 5.74) is 0.797. The van der Waals surface area contributed by atoms with Crippen LogP contribution < -0.4 is 4.57 Å². The Morgan fingerprint density at radius 3 is 2.90 bits per heavy atom. The zero-order valence-corrected chi connectivity index (χ0v) is 12.3. The van der Waals surface area contributed by atoms with Crippen LogP contribution in [0.15, 0.2) is 35.5 Å². The highest BCUT2D eigenvalue weighted by Gasteiger charge is 2.42. The number of aromatic hydroxyl groups is 1. The molecule has 2 aromatic rings. The number of ketones is 1. The van der Waals surface area contributed by atoms with Gasteiger partial charge in [-0.1, -0.05) is 30.3 Å².